The molecule has 0 bridgehead atoms. The highest BCUT2D eigenvalue weighted by molar-refractivity contribution is 5.47. The van der Waals surface area contributed by atoms with Crippen molar-refractivity contribution in [1.29, 1.82) is 0 Å². The van der Waals surface area contributed by atoms with Gasteiger partial charge < -0.3 is 15.3 Å². The lowest BCUT2D eigenvalue weighted by Gasteiger charge is -2.39. The van der Waals surface area contributed by atoms with Crippen LogP contribution in [0, 0.1) is 11.7 Å². The van der Waals surface area contributed by atoms with E-state index in [0.29, 0.717) is 12.0 Å². The second kappa shape index (κ2) is 5.93. The van der Waals surface area contributed by atoms with Crippen LogP contribution in [0.2, 0.25) is 0 Å². The van der Waals surface area contributed by atoms with E-state index in [0.717, 1.165) is 18.8 Å². The van der Waals surface area contributed by atoms with E-state index in [1.165, 1.54) is 31.7 Å². The second-order valence-corrected chi connectivity index (χ2v) is 6.50. The Morgan fingerprint density at radius 3 is 2.62 bits per heavy atom. The van der Waals surface area contributed by atoms with Crippen LogP contribution in [-0.4, -0.2) is 36.4 Å². The minimum Gasteiger partial charge on any atom is -0.394 e. The first-order valence-electron chi connectivity index (χ1n) is 8.06. The molecular formula is C17H25FN2O. The normalized spacial score (nSPS) is 21.1. The number of benzene rings is 1. The van der Waals surface area contributed by atoms with Crippen molar-refractivity contribution < 1.29 is 9.50 Å². The Labute approximate surface area is 126 Å². The zero-order valence-corrected chi connectivity index (χ0v) is 12.7. The smallest absolute Gasteiger partial charge is 0.125 e. The molecule has 0 heterocycles. The predicted octanol–water partition coefficient (Wildman–Crippen LogP) is 2.55. The van der Waals surface area contributed by atoms with Gasteiger partial charge in [0.15, 0.2) is 0 Å². The number of likely N-dealkylation sites (N-methyl/N-ethyl adjacent to an activating group) is 1. The lowest BCUT2D eigenvalue weighted by molar-refractivity contribution is 0.142. The van der Waals surface area contributed by atoms with Gasteiger partial charge in [0, 0.05) is 24.8 Å². The molecule has 0 saturated heterocycles. The summed E-state index contributed by atoms with van der Waals surface area (Å²) >= 11 is 0. The number of hydrogen-bond donors (Lipinski definition) is 2. The van der Waals surface area contributed by atoms with Gasteiger partial charge in [-0.15, -0.1) is 0 Å². The van der Waals surface area contributed by atoms with E-state index in [-0.39, 0.29) is 18.0 Å². The molecule has 116 valence electrons. The van der Waals surface area contributed by atoms with Crippen molar-refractivity contribution >= 4 is 5.69 Å². The predicted molar refractivity (Wildman–Crippen MR) is 83.0 cm³/mol. The highest BCUT2D eigenvalue weighted by atomic mass is 19.1. The van der Waals surface area contributed by atoms with Crippen molar-refractivity contribution in [2.24, 2.45) is 5.92 Å². The summed E-state index contributed by atoms with van der Waals surface area (Å²) in [6.07, 6.45) is 4.78. The van der Waals surface area contributed by atoms with Gasteiger partial charge in [-0.1, -0.05) is 6.07 Å². The van der Waals surface area contributed by atoms with Gasteiger partial charge in [-0.3, -0.25) is 0 Å². The van der Waals surface area contributed by atoms with Crippen LogP contribution in [0.15, 0.2) is 24.3 Å². The SMILES string of the molecule is CCN(CC(CO)(NC1CC1)C1CC1)c1cccc(F)c1. The summed E-state index contributed by atoms with van der Waals surface area (Å²) in [4.78, 5) is 2.17. The van der Waals surface area contributed by atoms with Crippen molar-refractivity contribution in [3.05, 3.63) is 30.1 Å². The van der Waals surface area contributed by atoms with E-state index >= 15 is 0 Å². The number of rotatable bonds is 8. The van der Waals surface area contributed by atoms with E-state index < -0.39 is 0 Å². The lowest BCUT2D eigenvalue weighted by Crippen LogP contribution is -2.59. The summed E-state index contributed by atoms with van der Waals surface area (Å²) in [6, 6.07) is 7.30. The maximum Gasteiger partial charge on any atom is 0.125 e. The Morgan fingerprint density at radius 2 is 2.10 bits per heavy atom. The van der Waals surface area contributed by atoms with E-state index in [1.807, 2.05) is 6.07 Å². The maximum absolute atomic E-state index is 13.5. The fraction of sp³-hybridized carbons (Fsp3) is 0.647. The van der Waals surface area contributed by atoms with Crippen LogP contribution in [0.4, 0.5) is 10.1 Å². The molecule has 4 heteroatoms. The molecule has 2 fully saturated rings. The summed E-state index contributed by atoms with van der Waals surface area (Å²) in [5.74, 6) is 0.341. The summed E-state index contributed by atoms with van der Waals surface area (Å²) < 4.78 is 13.5. The largest absolute Gasteiger partial charge is 0.394 e. The summed E-state index contributed by atoms with van der Waals surface area (Å²) in [5.41, 5.74) is 0.664. The summed E-state index contributed by atoms with van der Waals surface area (Å²) in [6.45, 7) is 3.78. The van der Waals surface area contributed by atoms with Crippen LogP contribution in [-0.2, 0) is 0 Å². The van der Waals surface area contributed by atoms with Gasteiger partial charge in [-0.25, -0.2) is 4.39 Å². The molecule has 1 atom stereocenters. The van der Waals surface area contributed by atoms with E-state index in [2.05, 4.69) is 17.1 Å². The number of nitrogens with zero attached hydrogens (tertiary/aromatic N) is 1. The molecule has 3 rings (SSSR count). The number of anilines is 1. The highest BCUT2D eigenvalue weighted by Gasteiger charge is 2.48. The Kier molecular flexibility index (Phi) is 4.18. The molecule has 1 unspecified atom stereocenters. The third-order valence-electron chi connectivity index (χ3n) is 4.74. The average Bonchev–Trinajstić information content (AvgIpc) is 3.37. The molecule has 0 amide bonds. The van der Waals surface area contributed by atoms with Gasteiger partial charge in [-0.05, 0) is 56.7 Å². The Morgan fingerprint density at radius 1 is 1.33 bits per heavy atom. The van der Waals surface area contributed by atoms with E-state index in [1.54, 1.807) is 12.1 Å². The fourth-order valence-electron chi connectivity index (χ4n) is 3.19. The van der Waals surface area contributed by atoms with Crippen molar-refractivity contribution in [2.75, 3.05) is 24.6 Å². The van der Waals surface area contributed by atoms with Crippen molar-refractivity contribution in [3.8, 4) is 0 Å². The Balaban J connectivity index is 1.78. The highest BCUT2D eigenvalue weighted by Crippen LogP contribution is 2.42. The molecule has 1 aromatic rings. The zero-order valence-electron chi connectivity index (χ0n) is 12.7. The number of aliphatic hydroxyl groups is 1. The molecule has 2 aliphatic carbocycles. The number of hydrogen-bond acceptors (Lipinski definition) is 3. The van der Waals surface area contributed by atoms with Crippen LogP contribution in [0.25, 0.3) is 0 Å². The summed E-state index contributed by atoms with van der Waals surface area (Å²) in [7, 11) is 0. The van der Waals surface area contributed by atoms with Crippen LogP contribution in [0.5, 0.6) is 0 Å². The van der Waals surface area contributed by atoms with Gasteiger partial charge in [0.2, 0.25) is 0 Å². The van der Waals surface area contributed by atoms with Crippen LogP contribution < -0.4 is 10.2 Å². The Hall–Kier alpha value is -1.13. The molecule has 2 aliphatic rings. The number of halogens is 1. The first-order chi connectivity index (χ1) is 10.2. The molecule has 3 nitrogen and oxygen atoms in total. The van der Waals surface area contributed by atoms with Gasteiger partial charge in [0.1, 0.15) is 5.82 Å². The lowest BCUT2D eigenvalue weighted by atomic mass is 9.92. The average molecular weight is 292 g/mol. The van der Waals surface area contributed by atoms with Crippen molar-refractivity contribution in [3.63, 3.8) is 0 Å². The molecule has 0 aliphatic heterocycles. The standard InChI is InChI=1S/C17H25FN2O/c1-2-20(16-5-3-4-14(18)10-16)11-17(12-21,13-6-7-13)19-15-8-9-15/h3-5,10,13,15,19,21H,2,6-9,11-12H2,1H3. The van der Waals surface area contributed by atoms with Crippen molar-refractivity contribution in [1.82, 2.24) is 5.32 Å². The topological polar surface area (TPSA) is 35.5 Å². The van der Waals surface area contributed by atoms with Crippen molar-refractivity contribution in [2.45, 2.75) is 44.2 Å². The van der Waals surface area contributed by atoms with Crippen LogP contribution in [0.1, 0.15) is 32.6 Å². The van der Waals surface area contributed by atoms with Crippen LogP contribution in [0.3, 0.4) is 0 Å². The van der Waals surface area contributed by atoms with E-state index in [4.69, 9.17) is 0 Å². The fourth-order valence-corrected chi connectivity index (χ4v) is 3.19. The molecule has 0 aromatic heterocycles. The van der Waals surface area contributed by atoms with Gasteiger partial charge in [0.05, 0.1) is 12.1 Å². The quantitative estimate of drug-likeness (QED) is 0.773. The number of nitrogens with one attached hydrogen (secondary N) is 1. The summed E-state index contributed by atoms with van der Waals surface area (Å²) in [5, 5.41) is 13.7. The molecule has 1 aromatic carbocycles. The minimum absolute atomic E-state index is 0.153. The van der Waals surface area contributed by atoms with Gasteiger partial charge in [-0.2, -0.15) is 0 Å². The van der Waals surface area contributed by atoms with Gasteiger partial charge in [0.25, 0.3) is 0 Å². The monoisotopic (exact) mass is 292 g/mol. The second-order valence-electron chi connectivity index (χ2n) is 6.50. The minimum atomic E-state index is -0.233. The molecule has 21 heavy (non-hydrogen) atoms. The molecule has 0 radical (unpaired) electrons. The third-order valence-corrected chi connectivity index (χ3v) is 4.74. The maximum atomic E-state index is 13.5. The first-order valence-corrected chi connectivity index (χ1v) is 8.06. The molecule has 0 spiro atoms. The van der Waals surface area contributed by atoms with E-state index in [9.17, 15) is 9.50 Å². The van der Waals surface area contributed by atoms with Gasteiger partial charge >= 0.3 is 0 Å². The third kappa shape index (κ3) is 3.38. The first kappa shape index (κ1) is 14.8. The van der Waals surface area contributed by atoms with Crippen LogP contribution >= 0.6 is 0 Å². The molecular weight excluding hydrogens is 267 g/mol. The molecule has 2 N–H and O–H groups in total. The number of aliphatic hydroxyl groups excluding tert-OH is 1. The molecule has 2 saturated carbocycles. The Bertz CT molecular complexity index is 487. The zero-order chi connectivity index (χ0) is 14.9.